The van der Waals surface area contributed by atoms with Gasteiger partial charge in [0.05, 0.1) is 12.1 Å². The Bertz CT molecular complexity index is 1390. The van der Waals surface area contributed by atoms with Gasteiger partial charge in [-0.05, 0) is 36.8 Å². The minimum atomic E-state index is -1.28. The maximum atomic E-state index is 13.3. The van der Waals surface area contributed by atoms with Crippen molar-refractivity contribution in [3.63, 3.8) is 0 Å². The number of aliphatic carboxylic acids is 1. The topological polar surface area (TPSA) is 113 Å². The second-order valence-electron chi connectivity index (χ2n) is 7.15. The molecular formula is C22H18FN3O5. The van der Waals surface area contributed by atoms with Crippen LogP contribution in [0.1, 0.15) is 22.8 Å². The Kier molecular flexibility index (Phi) is 4.94. The van der Waals surface area contributed by atoms with Crippen molar-refractivity contribution >= 4 is 28.3 Å². The molecule has 0 saturated carbocycles. The second kappa shape index (κ2) is 7.60. The van der Waals surface area contributed by atoms with Crippen molar-refractivity contribution in [2.45, 2.75) is 19.5 Å². The molecule has 2 heterocycles. The van der Waals surface area contributed by atoms with E-state index < -0.39 is 40.6 Å². The number of para-hydroxylation sites is 1. The molecule has 8 nitrogen and oxygen atoms in total. The van der Waals surface area contributed by atoms with Gasteiger partial charge in [-0.1, -0.05) is 30.3 Å². The average molecular weight is 423 g/mol. The number of carbonyl (C=O) groups excluding carboxylic acids is 1. The number of benzene rings is 2. The normalized spacial score (nSPS) is 12.2. The smallest absolute Gasteiger partial charge is 0.325 e. The molecule has 0 aliphatic carbocycles. The molecule has 1 amide bonds. The monoisotopic (exact) mass is 423 g/mol. The van der Waals surface area contributed by atoms with E-state index in [-0.39, 0.29) is 12.1 Å². The van der Waals surface area contributed by atoms with E-state index in [1.54, 1.807) is 30.3 Å². The third-order valence-electron chi connectivity index (χ3n) is 5.05. The lowest BCUT2D eigenvalue weighted by Gasteiger charge is -2.16. The van der Waals surface area contributed by atoms with Gasteiger partial charge < -0.3 is 15.5 Å². The van der Waals surface area contributed by atoms with Crippen molar-refractivity contribution < 1.29 is 24.2 Å². The fourth-order valence-corrected chi connectivity index (χ4v) is 3.46. The van der Waals surface area contributed by atoms with Gasteiger partial charge in [0.25, 0.3) is 11.5 Å². The van der Waals surface area contributed by atoms with Crippen LogP contribution < -0.4 is 10.9 Å². The van der Waals surface area contributed by atoms with E-state index in [0.717, 1.165) is 5.39 Å². The molecule has 3 N–H and O–H groups in total. The van der Waals surface area contributed by atoms with Crippen LogP contribution in [0.2, 0.25) is 0 Å². The molecule has 1 atom stereocenters. The molecule has 9 heteroatoms. The Hall–Kier alpha value is -4.14. The van der Waals surface area contributed by atoms with Gasteiger partial charge in [-0.25, -0.2) is 13.6 Å². The fourth-order valence-electron chi connectivity index (χ4n) is 3.46. The summed E-state index contributed by atoms with van der Waals surface area (Å²) in [5.41, 5.74) is 0.0451. The molecule has 0 saturated heterocycles. The van der Waals surface area contributed by atoms with E-state index in [1.807, 2.05) is 0 Å². The Morgan fingerprint density at radius 2 is 1.77 bits per heavy atom. The quantitative estimate of drug-likeness (QED) is 0.456. The second-order valence-corrected chi connectivity index (χ2v) is 7.15. The molecular weight excluding hydrogens is 405 g/mol. The van der Waals surface area contributed by atoms with Gasteiger partial charge in [-0.15, -0.1) is 0 Å². The zero-order valence-electron chi connectivity index (χ0n) is 16.4. The van der Waals surface area contributed by atoms with Crippen LogP contribution in [0, 0.1) is 5.82 Å². The lowest BCUT2D eigenvalue weighted by molar-refractivity contribution is -0.138. The zero-order chi connectivity index (χ0) is 22.3. The van der Waals surface area contributed by atoms with Gasteiger partial charge in [0.1, 0.15) is 22.9 Å². The minimum absolute atomic E-state index is 0.0106. The highest BCUT2D eigenvalue weighted by Crippen LogP contribution is 2.28. The summed E-state index contributed by atoms with van der Waals surface area (Å²) in [6.07, 6.45) is 0. The zero-order valence-corrected chi connectivity index (χ0v) is 16.4. The maximum Gasteiger partial charge on any atom is 0.325 e. The Morgan fingerprint density at radius 3 is 2.45 bits per heavy atom. The third-order valence-corrected chi connectivity index (χ3v) is 5.05. The summed E-state index contributed by atoms with van der Waals surface area (Å²) in [6.45, 7) is 1.24. The number of nitrogens with zero attached hydrogens (tertiary/aromatic N) is 2. The number of fused-ring (bicyclic) bond motifs is 3. The molecule has 2 aromatic carbocycles. The molecule has 0 spiro atoms. The summed E-state index contributed by atoms with van der Waals surface area (Å²) in [6, 6.07) is 13.0. The largest absolute Gasteiger partial charge is 0.505 e. The number of hydrogen-bond donors (Lipinski definition) is 3. The van der Waals surface area contributed by atoms with Gasteiger partial charge >= 0.3 is 5.97 Å². The molecule has 0 fully saturated rings. The predicted molar refractivity (Wildman–Crippen MR) is 111 cm³/mol. The highest BCUT2D eigenvalue weighted by atomic mass is 19.1. The molecule has 31 heavy (non-hydrogen) atoms. The number of aromatic nitrogens is 2. The SMILES string of the molecule is CC(NC(=O)c1c(O)c2cc3ccccc3n2n(Cc2ccc(F)cc2)c1=O)C(=O)O. The molecule has 4 aromatic rings. The summed E-state index contributed by atoms with van der Waals surface area (Å²) in [5.74, 6) is -3.26. The first-order chi connectivity index (χ1) is 14.8. The lowest BCUT2D eigenvalue weighted by atomic mass is 10.2. The van der Waals surface area contributed by atoms with Crippen LogP contribution in [0.15, 0.2) is 59.4 Å². The number of carbonyl (C=O) groups is 2. The number of rotatable bonds is 5. The average Bonchev–Trinajstić information content (AvgIpc) is 3.12. The van der Waals surface area contributed by atoms with Crippen molar-refractivity contribution in [1.29, 1.82) is 0 Å². The van der Waals surface area contributed by atoms with E-state index in [2.05, 4.69) is 5.32 Å². The van der Waals surface area contributed by atoms with Gasteiger partial charge in [0.15, 0.2) is 5.75 Å². The molecule has 0 bridgehead atoms. The molecule has 0 aliphatic rings. The lowest BCUT2D eigenvalue weighted by Crippen LogP contribution is -2.42. The van der Waals surface area contributed by atoms with Crippen LogP contribution in [0.3, 0.4) is 0 Å². The summed E-state index contributed by atoms with van der Waals surface area (Å²) in [7, 11) is 0. The van der Waals surface area contributed by atoms with Crippen molar-refractivity contribution in [3.8, 4) is 5.75 Å². The van der Waals surface area contributed by atoms with E-state index in [0.29, 0.717) is 11.1 Å². The number of carboxylic acid groups (broad SMARTS) is 1. The minimum Gasteiger partial charge on any atom is -0.505 e. The van der Waals surface area contributed by atoms with E-state index >= 15 is 0 Å². The van der Waals surface area contributed by atoms with Gasteiger partial charge in [-0.3, -0.25) is 14.4 Å². The van der Waals surface area contributed by atoms with Crippen molar-refractivity contribution in [2.75, 3.05) is 0 Å². The van der Waals surface area contributed by atoms with Crippen LogP contribution in [0.25, 0.3) is 16.4 Å². The third kappa shape index (κ3) is 3.50. The first-order valence-corrected chi connectivity index (χ1v) is 9.42. The predicted octanol–water partition coefficient (Wildman–Crippen LogP) is 2.35. The van der Waals surface area contributed by atoms with Gasteiger partial charge in [0.2, 0.25) is 0 Å². The van der Waals surface area contributed by atoms with Crippen LogP contribution in [0.5, 0.6) is 5.75 Å². The van der Waals surface area contributed by atoms with Crippen LogP contribution in [-0.2, 0) is 11.3 Å². The number of hydrogen-bond acceptors (Lipinski definition) is 4. The highest BCUT2D eigenvalue weighted by molar-refractivity contribution is 6.01. The van der Waals surface area contributed by atoms with E-state index in [4.69, 9.17) is 5.11 Å². The Labute approximate surface area is 174 Å². The van der Waals surface area contributed by atoms with E-state index in [1.165, 1.54) is 40.4 Å². The standard InChI is InChI=1S/C22H18FN3O5/c1-12(22(30)31)24-20(28)18-19(27)17-10-14-4-2-3-5-16(14)26(17)25(21(18)29)11-13-6-8-15(23)9-7-13/h2-10,12,27H,11H2,1H3,(H,24,28)(H,30,31). The summed E-state index contributed by atoms with van der Waals surface area (Å²) >= 11 is 0. The maximum absolute atomic E-state index is 13.3. The highest BCUT2D eigenvalue weighted by Gasteiger charge is 2.26. The Morgan fingerprint density at radius 1 is 1.10 bits per heavy atom. The number of amides is 1. The summed E-state index contributed by atoms with van der Waals surface area (Å²) < 4.78 is 16.1. The number of carboxylic acids is 1. The molecule has 158 valence electrons. The first kappa shape index (κ1) is 20.1. The van der Waals surface area contributed by atoms with Crippen molar-refractivity contribution in [3.05, 3.63) is 81.9 Å². The van der Waals surface area contributed by atoms with E-state index in [9.17, 15) is 23.9 Å². The van der Waals surface area contributed by atoms with Crippen LogP contribution >= 0.6 is 0 Å². The fraction of sp³-hybridized carbons (Fsp3) is 0.136. The molecule has 1 unspecified atom stereocenters. The molecule has 0 aliphatic heterocycles. The first-order valence-electron chi connectivity index (χ1n) is 9.42. The van der Waals surface area contributed by atoms with Crippen LogP contribution in [-0.4, -0.2) is 37.3 Å². The van der Waals surface area contributed by atoms with Gasteiger partial charge in [-0.2, -0.15) is 0 Å². The van der Waals surface area contributed by atoms with Crippen molar-refractivity contribution in [1.82, 2.24) is 14.5 Å². The van der Waals surface area contributed by atoms with Crippen LogP contribution in [0.4, 0.5) is 4.39 Å². The number of aromatic hydroxyl groups is 1. The number of halogens is 1. The van der Waals surface area contributed by atoms with Gasteiger partial charge in [0, 0.05) is 5.39 Å². The Balaban J connectivity index is 1.98. The number of nitrogens with one attached hydrogen (secondary N) is 1. The summed E-state index contributed by atoms with van der Waals surface area (Å²) in [4.78, 5) is 37.1. The molecule has 2 aromatic heterocycles. The van der Waals surface area contributed by atoms with Crippen molar-refractivity contribution in [2.24, 2.45) is 0 Å². The summed E-state index contributed by atoms with van der Waals surface area (Å²) in [5, 5.41) is 22.8. The molecule has 4 rings (SSSR count). The molecule has 0 radical (unpaired) electrons.